The average molecular weight is 668 g/mol. The van der Waals surface area contributed by atoms with Crippen LogP contribution in [0.1, 0.15) is 42.4 Å². The van der Waals surface area contributed by atoms with E-state index in [4.69, 9.17) is 15.5 Å². The molecule has 254 valence electrons. The number of anilines is 1. The van der Waals surface area contributed by atoms with Crippen LogP contribution in [-0.4, -0.2) is 63.5 Å². The second-order valence-electron chi connectivity index (χ2n) is 12.5. The number of aromatic nitrogens is 2. The number of carbonyl (C=O) groups is 2. The van der Waals surface area contributed by atoms with Crippen LogP contribution in [0, 0.1) is 5.41 Å². The van der Waals surface area contributed by atoms with Crippen molar-refractivity contribution in [3.8, 4) is 33.9 Å². The van der Waals surface area contributed by atoms with Crippen molar-refractivity contribution in [3.05, 3.63) is 126 Å². The van der Waals surface area contributed by atoms with Crippen LogP contribution in [0.2, 0.25) is 0 Å². The van der Waals surface area contributed by atoms with Gasteiger partial charge < -0.3 is 30.8 Å². The number of aryl methyl sites for hydroxylation is 1. The van der Waals surface area contributed by atoms with E-state index in [1.54, 1.807) is 24.3 Å². The minimum Gasteiger partial charge on any atom is -0.479 e. The number of carbonyl (C=O) groups excluding carboxylic acids is 1. The van der Waals surface area contributed by atoms with Crippen molar-refractivity contribution < 1.29 is 19.8 Å². The zero-order valence-corrected chi connectivity index (χ0v) is 27.8. The second-order valence-corrected chi connectivity index (χ2v) is 12.5. The molecule has 1 saturated heterocycles. The zero-order valence-electron chi connectivity index (χ0n) is 27.8. The molecular weight excluding hydrogens is 626 g/mol. The molecule has 1 aromatic heterocycles. The van der Waals surface area contributed by atoms with E-state index >= 15 is 0 Å². The van der Waals surface area contributed by atoms with Crippen LogP contribution >= 0.6 is 0 Å². The van der Waals surface area contributed by atoms with Gasteiger partial charge in [-0.05, 0) is 72.7 Å². The Labute approximate surface area is 291 Å². The smallest absolute Gasteiger partial charge is 0.332 e. The van der Waals surface area contributed by atoms with Gasteiger partial charge in [-0.2, -0.15) is 0 Å². The normalized spacial score (nSPS) is 13.4. The fourth-order valence-electron chi connectivity index (χ4n) is 6.10. The number of amides is 1. The lowest BCUT2D eigenvalue weighted by atomic mass is 9.99. The monoisotopic (exact) mass is 667 g/mol. The van der Waals surface area contributed by atoms with Crippen molar-refractivity contribution in [1.29, 1.82) is 5.41 Å². The molecule has 50 heavy (non-hydrogen) atoms. The van der Waals surface area contributed by atoms with E-state index in [9.17, 15) is 14.7 Å². The van der Waals surface area contributed by atoms with Gasteiger partial charge in [0, 0.05) is 60.2 Å². The van der Waals surface area contributed by atoms with E-state index in [2.05, 4.69) is 51.6 Å². The Morgan fingerprint density at radius 2 is 1.54 bits per heavy atom. The minimum absolute atomic E-state index is 0.0389. The molecule has 0 radical (unpaired) electrons. The number of aliphatic hydroxyl groups is 1. The molecule has 0 aliphatic carbocycles. The predicted octanol–water partition coefficient (Wildman–Crippen LogP) is 6.98. The number of hydrogen-bond donors (Lipinski definition) is 5. The molecule has 0 spiro atoms. The molecule has 6 rings (SSSR count). The van der Waals surface area contributed by atoms with Gasteiger partial charge in [-0.25, -0.2) is 9.78 Å². The Morgan fingerprint density at radius 3 is 2.22 bits per heavy atom. The highest BCUT2D eigenvalue weighted by molar-refractivity contribution is 6.00. The molecule has 0 bridgehead atoms. The van der Waals surface area contributed by atoms with E-state index < -0.39 is 12.1 Å². The molecule has 2 heterocycles. The van der Waals surface area contributed by atoms with Gasteiger partial charge >= 0.3 is 5.97 Å². The van der Waals surface area contributed by atoms with Gasteiger partial charge in [-0.15, -0.1) is 0 Å². The van der Waals surface area contributed by atoms with Crippen LogP contribution in [0.3, 0.4) is 0 Å². The molecule has 4 aromatic carbocycles. The van der Waals surface area contributed by atoms with Crippen LogP contribution in [0.5, 0.6) is 0 Å². The van der Waals surface area contributed by atoms with Crippen LogP contribution in [0.15, 0.2) is 109 Å². The molecule has 1 fully saturated rings. The summed E-state index contributed by atoms with van der Waals surface area (Å²) in [5, 5.41) is 30.0. The van der Waals surface area contributed by atoms with Crippen molar-refractivity contribution in [1.82, 2.24) is 15.3 Å². The number of carboxylic acid groups (broad SMARTS) is 1. The van der Waals surface area contributed by atoms with Gasteiger partial charge in [0.25, 0.3) is 0 Å². The third kappa shape index (κ3) is 8.61. The maximum Gasteiger partial charge on any atom is 0.332 e. The number of aliphatic hydroxyl groups excluding tert-OH is 1. The Morgan fingerprint density at radius 1 is 0.880 bits per heavy atom. The standard InChI is InChI=1S/C41H41N5O4/c42-35(27-36(47)41(49)50)30-15-17-32(18-16-30)39-38(44-40(45-39)33-19-21-34(22-20-33)46-25-4-5-26-46)31-13-10-29(11-14-31)12-23-37(48)43-24-6-9-28-7-2-1-3-8-28/h1-3,7-8,10-23,36,42,47H,4-6,9,24-27H2,(H,43,48)(H,44,45)(H,49,50)/b23-12+,42-35?. The number of H-pyrrole nitrogens is 1. The van der Waals surface area contributed by atoms with Gasteiger partial charge in [-0.1, -0.05) is 78.9 Å². The molecule has 9 heteroatoms. The number of carboxylic acids is 1. The molecule has 9 nitrogen and oxygen atoms in total. The Bertz CT molecular complexity index is 1940. The first-order chi connectivity index (χ1) is 24.3. The van der Waals surface area contributed by atoms with Gasteiger partial charge in [0.2, 0.25) is 5.91 Å². The SMILES string of the molecule is N=C(CC(O)C(=O)O)c1ccc(-c2nc(-c3ccc(N4CCCC4)cc3)[nH]c2-c2ccc(/C=C/C(=O)NCCCc3ccccc3)cc2)cc1. The van der Waals surface area contributed by atoms with E-state index in [0.717, 1.165) is 65.4 Å². The summed E-state index contributed by atoms with van der Waals surface area (Å²) >= 11 is 0. The van der Waals surface area contributed by atoms with Crippen molar-refractivity contribution in [3.63, 3.8) is 0 Å². The van der Waals surface area contributed by atoms with Crippen LogP contribution < -0.4 is 10.2 Å². The van der Waals surface area contributed by atoms with E-state index in [1.165, 1.54) is 24.1 Å². The highest BCUT2D eigenvalue weighted by atomic mass is 16.4. The third-order valence-corrected chi connectivity index (χ3v) is 8.92. The maximum atomic E-state index is 12.4. The van der Waals surface area contributed by atoms with Gasteiger partial charge in [0.15, 0.2) is 6.10 Å². The largest absolute Gasteiger partial charge is 0.479 e. The van der Waals surface area contributed by atoms with Gasteiger partial charge in [0.1, 0.15) is 5.82 Å². The molecule has 5 N–H and O–H groups in total. The highest BCUT2D eigenvalue weighted by Gasteiger charge is 2.19. The van der Waals surface area contributed by atoms with Crippen molar-refractivity contribution in [2.24, 2.45) is 0 Å². The first kappa shape index (κ1) is 34.1. The summed E-state index contributed by atoms with van der Waals surface area (Å²) in [7, 11) is 0. The second kappa shape index (κ2) is 16.1. The predicted molar refractivity (Wildman–Crippen MR) is 198 cm³/mol. The average Bonchev–Trinajstić information content (AvgIpc) is 3.85. The topological polar surface area (TPSA) is 142 Å². The molecule has 0 saturated carbocycles. The number of hydrogen-bond acceptors (Lipinski definition) is 6. The first-order valence-electron chi connectivity index (χ1n) is 17.0. The van der Waals surface area contributed by atoms with Gasteiger partial charge in [-0.3, -0.25) is 4.79 Å². The Balaban J connectivity index is 1.19. The number of imidazole rings is 1. The fourth-order valence-corrected chi connectivity index (χ4v) is 6.10. The number of aliphatic carboxylic acids is 1. The summed E-state index contributed by atoms with van der Waals surface area (Å²) in [4.78, 5) is 34.5. The summed E-state index contributed by atoms with van der Waals surface area (Å²) in [5.74, 6) is -0.766. The minimum atomic E-state index is -1.63. The molecule has 5 aromatic rings. The number of nitrogens with one attached hydrogen (secondary N) is 3. The van der Waals surface area contributed by atoms with Crippen molar-refractivity contribution >= 4 is 29.4 Å². The van der Waals surface area contributed by atoms with Crippen molar-refractivity contribution in [2.45, 2.75) is 38.2 Å². The fraction of sp³-hybridized carbons (Fsp3) is 0.220. The third-order valence-electron chi connectivity index (χ3n) is 8.92. The lowest BCUT2D eigenvalue weighted by Gasteiger charge is -2.17. The summed E-state index contributed by atoms with van der Waals surface area (Å²) < 4.78 is 0. The molecule has 1 aliphatic rings. The van der Waals surface area contributed by atoms with Crippen LogP contribution in [0.4, 0.5) is 5.69 Å². The molecular formula is C41H41N5O4. The van der Waals surface area contributed by atoms with E-state index in [1.807, 2.05) is 54.6 Å². The molecule has 1 aliphatic heterocycles. The highest BCUT2D eigenvalue weighted by Crippen LogP contribution is 2.34. The lowest BCUT2D eigenvalue weighted by molar-refractivity contribution is -0.146. The summed E-state index contributed by atoms with van der Waals surface area (Å²) in [6.07, 6.45) is 5.65. The molecule has 1 amide bonds. The molecule has 1 atom stereocenters. The molecule has 1 unspecified atom stereocenters. The van der Waals surface area contributed by atoms with Gasteiger partial charge in [0.05, 0.1) is 11.4 Å². The van der Waals surface area contributed by atoms with Crippen LogP contribution in [0.25, 0.3) is 40.0 Å². The Hall–Kier alpha value is -5.80. The van der Waals surface area contributed by atoms with E-state index in [0.29, 0.717) is 12.1 Å². The zero-order chi connectivity index (χ0) is 34.9. The van der Waals surface area contributed by atoms with E-state index in [-0.39, 0.29) is 18.0 Å². The number of benzene rings is 4. The summed E-state index contributed by atoms with van der Waals surface area (Å²) in [6.45, 7) is 2.75. The number of aromatic amines is 1. The quantitative estimate of drug-likeness (QED) is 0.0492. The lowest BCUT2D eigenvalue weighted by Crippen LogP contribution is -2.23. The van der Waals surface area contributed by atoms with Crippen molar-refractivity contribution in [2.75, 3.05) is 24.5 Å². The summed E-state index contributed by atoms with van der Waals surface area (Å²) in [5.41, 5.74) is 8.15. The maximum absolute atomic E-state index is 12.4. The number of rotatable bonds is 14. The van der Waals surface area contributed by atoms with Crippen LogP contribution in [-0.2, 0) is 16.0 Å². The first-order valence-corrected chi connectivity index (χ1v) is 17.0. The number of nitrogens with zero attached hydrogens (tertiary/aromatic N) is 2. The summed E-state index contributed by atoms with van der Waals surface area (Å²) in [6, 6.07) is 33.8. The Kier molecular flexibility index (Phi) is 10.9.